The summed E-state index contributed by atoms with van der Waals surface area (Å²) in [6.45, 7) is -0.540. The van der Waals surface area contributed by atoms with Crippen molar-refractivity contribution in [3.8, 4) is 0 Å². The molecule has 0 saturated carbocycles. The number of benzene rings is 1. The molecule has 0 aliphatic carbocycles. The van der Waals surface area contributed by atoms with Crippen LogP contribution < -0.4 is 5.32 Å². The molecule has 3 nitrogen and oxygen atoms in total. The van der Waals surface area contributed by atoms with Crippen molar-refractivity contribution >= 4 is 5.96 Å². The van der Waals surface area contributed by atoms with Crippen molar-refractivity contribution in [2.75, 3.05) is 20.1 Å². The number of hydrogen-bond acceptors (Lipinski definition) is 1. The van der Waals surface area contributed by atoms with E-state index in [9.17, 15) is 13.2 Å². The number of rotatable bonds is 2. The molecule has 6 heteroatoms. The van der Waals surface area contributed by atoms with Gasteiger partial charge in [0.05, 0.1) is 6.04 Å². The lowest BCUT2D eigenvalue weighted by Gasteiger charge is -2.10. The molecule has 0 radical (unpaired) electrons. The van der Waals surface area contributed by atoms with E-state index in [1.54, 1.807) is 11.9 Å². The Balaban J connectivity index is 2.05. The van der Waals surface area contributed by atoms with Gasteiger partial charge in [0.15, 0.2) is 5.96 Å². The number of hydrogen-bond donors (Lipinski definition) is 1. The molecule has 0 unspecified atom stereocenters. The van der Waals surface area contributed by atoms with E-state index in [2.05, 4.69) is 10.3 Å². The summed E-state index contributed by atoms with van der Waals surface area (Å²) in [7, 11) is 1.73. The summed E-state index contributed by atoms with van der Waals surface area (Å²) >= 11 is 0. The van der Waals surface area contributed by atoms with Gasteiger partial charge in [0.1, 0.15) is 6.54 Å². The Kier molecular flexibility index (Phi) is 3.45. The molecule has 1 N–H and O–H groups in total. The van der Waals surface area contributed by atoms with Crippen LogP contribution in [0.4, 0.5) is 13.2 Å². The third-order valence-corrected chi connectivity index (χ3v) is 2.73. The highest BCUT2D eigenvalue weighted by Gasteiger charge is 2.30. The van der Waals surface area contributed by atoms with Gasteiger partial charge in [-0.3, -0.25) is 0 Å². The normalized spacial score (nSPS) is 22.3. The fourth-order valence-electron chi connectivity index (χ4n) is 1.88. The van der Waals surface area contributed by atoms with E-state index in [0.717, 1.165) is 5.56 Å². The van der Waals surface area contributed by atoms with Crippen LogP contribution in [0.25, 0.3) is 0 Å². The van der Waals surface area contributed by atoms with Gasteiger partial charge in [-0.2, -0.15) is 13.2 Å². The molecule has 0 bridgehead atoms. The average Bonchev–Trinajstić information content (AvgIpc) is 2.68. The van der Waals surface area contributed by atoms with Crippen molar-refractivity contribution in [1.29, 1.82) is 0 Å². The lowest BCUT2D eigenvalue weighted by molar-refractivity contribution is -0.118. The number of alkyl halides is 3. The lowest BCUT2D eigenvalue weighted by atomic mass is 10.1. The first kappa shape index (κ1) is 12.7. The third-order valence-electron chi connectivity index (χ3n) is 2.73. The Labute approximate surface area is 103 Å². The standard InChI is InChI=1S/C12H14F3N3/c1-18-7-10(9-5-3-2-4-6-9)17-11(18)16-8-12(13,14)15/h2-6,10H,7-8H2,1H3,(H,16,17)/t10-/m0/s1. The molecule has 18 heavy (non-hydrogen) atoms. The van der Waals surface area contributed by atoms with Crippen molar-refractivity contribution in [3.05, 3.63) is 35.9 Å². The van der Waals surface area contributed by atoms with E-state index in [1.165, 1.54) is 0 Å². The van der Waals surface area contributed by atoms with Crippen molar-refractivity contribution < 1.29 is 13.2 Å². The molecule has 1 fully saturated rings. The van der Waals surface area contributed by atoms with Crippen molar-refractivity contribution in [1.82, 2.24) is 10.2 Å². The van der Waals surface area contributed by atoms with E-state index in [0.29, 0.717) is 12.5 Å². The van der Waals surface area contributed by atoms with E-state index in [4.69, 9.17) is 0 Å². The van der Waals surface area contributed by atoms with Gasteiger partial charge in [-0.15, -0.1) is 0 Å². The monoisotopic (exact) mass is 257 g/mol. The number of halogens is 3. The van der Waals surface area contributed by atoms with Gasteiger partial charge in [-0.25, -0.2) is 4.99 Å². The summed E-state index contributed by atoms with van der Waals surface area (Å²) in [5, 5.41) is 3.01. The molecule has 0 spiro atoms. The number of likely N-dealkylation sites (N-methyl/N-ethyl adjacent to an activating group) is 1. The molecular weight excluding hydrogens is 243 g/mol. The van der Waals surface area contributed by atoms with Crippen LogP contribution in [0.2, 0.25) is 0 Å². The first-order chi connectivity index (χ1) is 8.46. The molecule has 1 aromatic carbocycles. The van der Waals surface area contributed by atoms with Crippen LogP contribution in [-0.4, -0.2) is 37.2 Å². The molecule has 1 atom stereocenters. The Bertz CT molecular complexity index is 428. The Morgan fingerprint density at radius 2 is 2.00 bits per heavy atom. The fraction of sp³-hybridized carbons (Fsp3) is 0.417. The number of nitrogens with zero attached hydrogens (tertiary/aromatic N) is 2. The van der Waals surface area contributed by atoms with E-state index in [1.807, 2.05) is 30.3 Å². The highest BCUT2D eigenvalue weighted by molar-refractivity contribution is 5.82. The molecule has 98 valence electrons. The maximum atomic E-state index is 12.1. The van der Waals surface area contributed by atoms with Crippen molar-refractivity contribution in [3.63, 3.8) is 0 Å². The van der Waals surface area contributed by atoms with E-state index >= 15 is 0 Å². The van der Waals surface area contributed by atoms with E-state index in [-0.39, 0.29) is 6.04 Å². The van der Waals surface area contributed by atoms with Crippen LogP contribution in [0, 0.1) is 0 Å². The molecule has 1 heterocycles. The molecule has 0 amide bonds. The summed E-state index contributed by atoms with van der Waals surface area (Å²) in [5.74, 6) is 0.293. The molecule has 2 rings (SSSR count). The van der Waals surface area contributed by atoms with E-state index < -0.39 is 12.7 Å². The zero-order valence-corrected chi connectivity index (χ0v) is 9.91. The zero-order chi connectivity index (χ0) is 13.2. The zero-order valence-electron chi connectivity index (χ0n) is 9.91. The second-order valence-electron chi connectivity index (χ2n) is 4.24. The maximum Gasteiger partial charge on any atom is 0.408 e. The smallest absolute Gasteiger partial charge is 0.348 e. The van der Waals surface area contributed by atoms with Crippen LogP contribution in [0.5, 0.6) is 0 Å². The predicted octanol–water partition coefficient (Wildman–Crippen LogP) is 2.18. The molecule has 1 saturated heterocycles. The average molecular weight is 257 g/mol. The van der Waals surface area contributed by atoms with Gasteiger partial charge in [-0.1, -0.05) is 30.3 Å². The second-order valence-corrected chi connectivity index (χ2v) is 4.24. The Morgan fingerprint density at radius 3 is 2.61 bits per heavy atom. The first-order valence-corrected chi connectivity index (χ1v) is 5.59. The summed E-state index contributed by atoms with van der Waals surface area (Å²) < 4.78 is 36.3. The Morgan fingerprint density at radius 1 is 1.33 bits per heavy atom. The highest BCUT2D eigenvalue weighted by Crippen LogP contribution is 2.20. The van der Waals surface area contributed by atoms with Crippen LogP contribution in [-0.2, 0) is 0 Å². The first-order valence-electron chi connectivity index (χ1n) is 5.59. The van der Waals surface area contributed by atoms with Gasteiger partial charge in [0.25, 0.3) is 0 Å². The fourth-order valence-corrected chi connectivity index (χ4v) is 1.88. The van der Waals surface area contributed by atoms with Gasteiger partial charge < -0.3 is 10.2 Å². The van der Waals surface area contributed by atoms with Crippen molar-refractivity contribution in [2.24, 2.45) is 4.99 Å². The predicted molar refractivity (Wildman–Crippen MR) is 63.3 cm³/mol. The minimum absolute atomic E-state index is 0.0109. The quantitative estimate of drug-likeness (QED) is 0.879. The topological polar surface area (TPSA) is 27.6 Å². The van der Waals surface area contributed by atoms with Crippen molar-refractivity contribution in [2.45, 2.75) is 12.2 Å². The lowest BCUT2D eigenvalue weighted by Crippen LogP contribution is -2.28. The van der Waals surface area contributed by atoms with Gasteiger partial charge >= 0.3 is 6.18 Å². The largest absolute Gasteiger partial charge is 0.408 e. The molecular formula is C12H14F3N3. The van der Waals surface area contributed by atoms with Gasteiger partial charge in [0, 0.05) is 13.6 Å². The number of guanidine groups is 1. The summed E-state index contributed by atoms with van der Waals surface area (Å²) in [6, 6.07) is 9.59. The third kappa shape index (κ3) is 3.15. The van der Waals surface area contributed by atoms with Crippen LogP contribution in [0.3, 0.4) is 0 Å². The van der Waals surface area contributed by atoms with Crippen LogP contribution in [0.15, 0.2) is 35.3 Å². The highest BCUT2D eigenvalue weighted by atomic mass is 19.4. The molecule has 1 aromatic rings. The molecule has 1 aliphatic rings. The Hall–Kier alpha value is -1.72. The number of nitrogens with one attached hydrogen (secondary N) is 1. The number of aliphatic imine (C=N–C) groups is 1. The van der Waals surface area contributed by atoms with Crippen LogP contribution >= 0.6 is 0 Å². The van der Waals surface area contributed by atoms with Crippen LogP contribution in [0.1, 0.15) is 11.6 Å². The summed E-state index contributed by atoms with van der Waals surface area (Å²) in [5.41, 5.74) is 1.04. The minimum Gasteiger partial charge on any atom is -0.348 e. The molecule has 0 aromatic heterocycles. The minimum atomic E-state index is -4.26. The van der Waals surface area contributed by atoms with Gasteiger partial charge in [0.2, 0.25) is 0 Å². The van der Waals surface area contributed by atoms with Gasteiger partial charge in [-0.05, 0) is 5.56 Å². The SMILES string of the molecule is CN1C[C@@H](c2ccccc2)NC1=NCC(F)(F)F. The molecule has 1 aliphatic heterocycles. The summed E-state index contributed by atoms with van der Waals surface area (Å²) in [4.78, 5) is 5.26. The summed E-state index contributed by atoms with van der Waals surface area (Å²) in [6.07, 6.45) is -4.26. The maximum absolute atomic E-state index is 12.1. The second kappa shape index (κ2) is 4.88.